The van der Waals surface area contributed by atoms with E-state index in [1.54, 1.807) is 23.1 Å². The van der Waals surface area contributed by atoms with Crippen LogP contribution in [0, 0.1) is 12.8 Å². The van der Waals surface area contributed by atoms with Crippen LogP contribution in [0.2, 0.25) is 0 Å². The summed E-state index contributed by atoms with van der Waals surface area (Å²) in [5.74, 6) is -0.346. The first-order valence-electron chi connectivity index (χ1n) is 12.6. The number of hydrogen-bond donors (Lipinski definition) is 1. The number of Topliss-reactive ketones (excluding diaryl/α,β-unsaturated/α-hetero) is 1. The molecule has 0 radical (unpaired) electrons. The number of carbonyl (C=O) groups excluding carboxylic acids is 2. The summed E-state index contributed by atoms with van der Waals surface area (Å²) in [7, 11) is 3.91. The number of likely N-dealkylation sites (tertiary alicyclic amines) is 1. The fraction of sp³-hybridized carbons (Fsp3) is 0.448. The molecule has 2 aromatic rings. The van der Waals surface area contributed by atoms with Crippen LogP contribution in [0.4, 0.5) is 5.69 Å². The van der Waals surface area contributed by atoms with E-state index in [0.29, 0.717) is 31.2 Å². The fourth-order valence-corrected chi connectivity index (χ4v) is 4.75. The lowest BCUT2D eigenvalue weighted by Crippen LogP contribution is -2.36. The summed E-state index contributed by atoms with van der Waals surface area (Å²) in [5, 5.41) is 11.4. The summed E-state index contributed by atoms with van der Waals surface area (Å²) in [6, 6.07) is 12.4. The number of hydrogen-bond acceptors (Lipinski definition) is 6. The van der Waals surface area contributed by atoms with Gasteiger partial charge in [-0.25, -0.2) is 0 Å². The van der Waals surface area contributed by atoms with E-state index in [1.807, 2.05) is 50.2 Å². The summed E-state index contributed by atoms with van der Waals surface area (Å²) in [5.41, 5.74) is 3.20. The van der Waals surface area contributed by atoms with Crippen molar-refractivity contribution in [3.63, 3.8) is 0 Å². The third kappa shape index (κ3) is 5.26. The molecule has 1 N–H and O–H groups in total. The Morgan fingerprint density at radius 1 is 1.17 bits per heavy atom. The number of aliphatic hydroxyl groups excluding tert-OH is 1. The number of ether oxygens (including phenoxy) is 2. The first kappa shape index (κ1) is 25.8. The molecule has 2 saturated heterocycles. The van der Waals surface area contributed by atoms with Gasteiger partial charge in [0.2, 0.25) is 0 Å². The van der Waals surface area contributed by atoms with E-state index < -0.39 is 17.7 Å². The lowest BCUT2D eigenvalue weighted by Gasteiger charge is -2.28. The maximum Gasteiger partial charge on any atom is 0.295 e. The number of benzene rings is 2. The van der Waals surface area contributed by atoms with E-state index in [9.17, 15) is 14.7 Å². The molecule has 1 amide bonds. The average Bonchev–Trinajstić information content (AvgIpc) is 3.45. The summed E-state index contributed by atoms with van der Waals surface area (Å²) in [6.07, 6.45) is 1.65. The second-order valence-corrected chi connectivity index (χ2v) is 10.3. The molecule has 4 rings (SSSR count). The van der Waals surface area contributed by atoms with E-state index >= 15 is 0 Å². The average molecular weight is 493 g/mol. The molecule has 2 atom stereocenters. The van der Waals surface area contributed by atoms with Crippen molar-refractivity contribution < 1.29 is 24.2 Å². The van der Waals surface area contributed by atoms with Crippen LogP contribution in [0.1, 0.15) is 49.4 Å². The maximum atomic E-state index is 13.3. The molecule has 2 heterocycles. The molecule has 2 fully saturated rings. The normalized spacial score (nSPS) is 21.4. The highest BCUT2D eigenvalue weighted by molar-refractivity contribution is 6.46. The number of aliphatic hydroxyl groups is 1. The van der Waals surface area contributed by atoms with Crippen LogP contribution in [0.3, 0.4) is 0 Å². The largest absolute Gasteiger partial charge is 0.507 e. The molecule has 2 aromatic carbocycles. The molecular weight excluding hydrogens is 456 g/mol. The number of nitrogens with zero attached hydrogens (tertiary/aromatic N) is 2. The zero-order valence-electron chi connectivity index (χ0n) is 21.8. The van der Waals surface area contributed by atoms with Crippen molar-refractivity contribution in [3.8, 4) is 5.75 Å². The minimum atomic E-state index is -0.692. The number of aryl methyl sites for hydroxylation is 1. The molecule has 0 aromatic heterocycles. The molecule has 0 saturated carbocycles. The Bertz CT molecular complexity index is 1150. The standard InChI is InChI=1S/C29H36N2O5/c1-18(2)17-36-24-13-10-21(15-19(24)3)27(32)25-26(20-8-11-22(12-9-20)30(4)5)31(29(34)28(25)33)16-23-7-6-14-35-23/h8-13,15,18,23,26,32H,6-7,14,16-17H2,1-5H3/b27-25-. The van der Waals surface area contributed by atoms with Gasteiger partial charge >= 0.3 is 0 Å². The Hall–Kier alpha value is -3.32. The predicted octanol–water partition coefficient (Wildman–Crippen LogP) is 4.70. The van der Waals surface area contributed by atoms with E-state index in [4.69, 9.17) is 9.47 Å². The monoisotopic (exact) mass is 492 g/mol. The van der Waals surface area contributed by atoms with Crippen LogP contribution in [-0.2, 0) is 14.3 Å². The molecule has 7 nitrogen and oxygen atoms in total. The van der Waals surface area contributed by atoms with Crippen LogP contribution in [0.5, 0.6) is 5.75 Å². The van der Waals surface area contributed by atoms with Gasteiger partial charge in [-0.1, -0.05) is 26.0 Å². The van der Waals surface area contributed by atoms with Crippen molar-refractivity contribution in [2.24, 2.45) is 5.92 Å². The fourth-order valence-electron chi connectivity index (χ4n) is 4.75. The number of carbonyl (C=O) groups is 2. The predicted molar refractivity (Wildman–Crippen MR) is 140 cm³/mol. The van der Waals surface area contributed by atoms with Crippen LogP contribution >= 0.6 is 0 Å². The van der Waals surface area contributed by atoms with Gasteiger partial charge in [0.15, 0.2) is 0 Å². The molecule has 192 valence electrons. The van der Waals surface area contributed by atoms with Crippen molar-refractivity contribution in [3.05, 3.63) is 64.7 Å². The van der Waals surface area contributed by atoms with E-state index in [0.717, 1.165) is 35.4 Å². The first-order chi connectivity index (χ1) is 17.2. The lowest BCUT2D eigenvalue weighted by atomic mass is 9.94. The third-order valence-electron chi connectivity index (χ3n) is 6.71. The van der Waals surface area contributed by atoms with Gasteiger partial charge in [0, 0.05) is 38.5 Å². The van der Waals surface area contributed by atoms with Crippen LogP contribution in [-0.4, -0.2) is 61.7 Å². The molecule has 0 aliphatic carbocycles. The summed E-state index contributed by atoms with van der Waals surface area (Å²) in [6.45, 7) is 7.61. The highest BCUT2D eigenvalue weighted by atomic mass is 16.5. The molecule has 2 unspecified atom stereocenters. The van der Waals surface area contributed by atoms with Gasteiger partial charge in [-0.05, 0) is 67.1 Å². The van der Waals surface area contributed by atoms with E-state index in [2.05, 4.69) is 13.8 Å². The highest BCUT2D eigenvalue weighted by Gasteiger charge is 2.47. The summed E-state index contributed by atoms with van der Waals surface area (Å²) >= 11 is 0. The van der Waals surface area contributed by atoms with Gasteiger partial charge in [-0.15, -0.1) is 0 Å². The Morgan fingerprint density at radius 2 is 1.89 bits per heavy atom. The SMILES string of the molecule is Cc1cc(/C(O)=C2/C(=O)C(=O)N(CC3CCCO3)C2c2ccc(N(C)C)cc2)ccc1OCC(C)C. The lowest BCUT2D eigenvalue weighted by molar-refractivity contribution is -0.140. The Kier molecular flexibility index (Phi) is 7.69. The van der Waals surface area contributed by atoms with Crippen molar-refractivity contribution in [1.29, 1.82) is 0 Å². The molecule has 36 heavy (non-hydrogen) atoms. The Morgan fingerprint density at radius 3 is 2.47 bits per heavy atom. The number of ketones is 1. The van der Waals surface area contributed by atoms with Crippen molar-refractivity contribution >= 4 is 23.1 Å². The van der Waals surface area contributed by atoms with Crippen molar-refractivity contribution in [2.75, 3.05) is 38.8 Å². The smallest absolute Gasteiger partial charge is 0.295 e. The van der Waals surface area contributed by atoms with Gasteiger partial charge in [0.1, 0.15) is 11.5 Å². The third-order valence-corrected chi connectivity index (χ3v) is 6.71. The zero-order valence-corrected chi connectivity index (χ0v) is 21.8. The van der Waals surface area contributed by atoms with Crippen LogP contribution in [0.15, 0.2) is 48.0 Å². The Balaban J connectivity index is 1.75. The second kappa shape index (κ2) is 10.7. The van der Waals surface area contributed by atoms with Crippen molar-refractivity contribution in [1.82, 2.24) is 4.90 Å². The van der Waals surface area contributed by atoms with Gasteiger partial charge in [-0.2, -0.15) is 0 Å². The summed E-state index contributed by atoms with van der Waals surface area (Å²) < 4.78 is 11.6. The summed E-state index contributed by atoms with van der Waals surface area (Å²) in [4.78, 5) is 30.1. The number of rotatable bonds is 8. The van der Waals surface area contributed by atoms with Gasteiger partial charge in [-0.3, -0.25) is 9.59 Å². The zero-order chi connectivity index (χ0) is 26.0. The van der Waals surface area contributed by atoms with Gasteiger partial charge in [0.25, 0.3) is 11.7 Å². The molecule has 0 bridgehead atoms. The highest BCUT2D eigenvalue weighted by Crippen LogP contribution is 2.41. The molecule has 0 spiro atoms. The van der Waals surface area contributed by atoms with Crippen LogP contribution < -0.4 is 9.64 Å². The number of amides is 1. The topological polar surface area (TPSA) is 79.3 Å². The number of anilines is 1. The molecular formula is C29H36N2O5. The maximum absolute atomic E-state index is 13.3. The Labute approximate surface area is 213 Å². The van der Waals surface area contributed by atoms with Crippen molar-refractivity contribution in [2.45, 2.75) is 45.8 Å². The molecule has 2 aliphatic heterocycles. The van der Waals surface area contributed by atoms with Gasteiger partial charge < -0.3 is 24.4 Å². The minimum absolute atomic E-state index is 0.103. The van der Waals surface area contributed by atoms with E-state index in [1.165, 1.54) is 0 Å². The second-order valence-electron chi connectivity index (χ2n) is 10.3. The molecule has 2 aliphatic rings. The molecule has 7 heteroatoms. The first-order valence-corrected chi connectivity index (χ1v) is 12.6. The minimum Gasteiger partial charge on any atom is -0.507 e. The van der Waals surface area contributed by atoms with Crippen LogP contribution in [0.25, 0.3) is 5.76 Å². The van der Waals surface area contributed by atoms with E-state index in [-0.39, 0.29) is 17.4 Å². The van der Waals surface area contributed by atoms with Gasteiger partial charge in [0.05, 0.1) is 24.3 Å². The quantitative estimate of drug-likeness (QED) is 0.327.